The highest BCUT2D eigenvalue weighted by Gasteiger charge is 2.21. The number of nitriles is 1. The Morgan fingerprint density at radius 2 is 2.05 bits per heavy atom. The van der Waals surface area contributed by atoms with Gasteiger partial charge in [-0.1, -0.05) is 30.3 Å². The quantitative estimate of drug-likeness (QED) is 0.825. The van der Waals surface area contributed by atoms with E-state index in [2.05, 4.69) is 6.07 Å². The molecule has 1 unspecified atom stereocenters. The van der Waals surface area contributed by atoms with E-state index in [0.717, 1.165) is 6.42 Å². The molecule has 0 saturated carbocycles. The summed E-state index contributed by atoms with van der Waals surface area (Å²) in [6.07, 6.45) is 1.42. The molecule has 4 heteroatoms. The summed E-state index contributed by atoms with van der Waals surface area (Å²) in [7, 11) is 0. The zero-order valence-corrected chi connectivity index (χ0v) is 12.2. The second-order valence-corrected chi connectivity index (χ2v) is 5.04. The Bertz CT molecular complexity index is 453. The Labute approximate surface area is 121 Å². The Morgan fingerprint density at radius 3 is 2.60 bits per heavy atom. The van der Waals surface area contributed by atoms with Crippen LogP contribution in [0.1, 0.15) is 25.8 Å². The van der Waals surface area contributed by atoms with Gasteiger partial charge in [0, 0.05) is 13.1 Å². The third kappa shape index (κ3) is 5.02. The van der Waals surface area contributed by atoms with Crippen molar-refractivity contribution in [2.75, 3.05) is 13.1 Å². The average molecular weight is 273 g/mol. The number of amides is 1. The SMILES string of the molecule is CCN(CC(C)C#N)C(=O)[C@@H](N)CCc1ccccc1. The average Bonchev–Trinajstić information content (AvgIpc) is 2.50. The third-order valence-corrected chi connectivity index (χ3v) is 3.31. The first-order valence-corrected chi connectivity index (χ1v) is 7.06. The van der Waals surface area contributed by atoms with Gasteiger partial charge >= 0.3 is 0 Å². The van der Waals surface area contributed by atoms with Gasteiger partial charge in [0.15, 0.2) is 0 Å². The molecule has 2 atom stereocenters. The maximum Gasteiger partial charge on any atom is 0.239 e. The fraction of sp³-hybridized carbons (Fsp3) is 0.500. The Morgan fingerprint density at radius 1 is 1.40 bits per heavy atom. The minimum Gasteiger partial charge on any atom is -0.340 e. The van der Waals surface area contributed by atoms with E-state index in [-0.39, 0.29) is 11.8 Å². The van der Waals surface area contributed by atoms with E-state index in [0.29, 0.717) is 19.5 Å². The molecular weight excluding hydrogens is 250 g/mol. The first-order valence-electron chi connectivity index (χ1n) is 7.06. The van der Waals surface area contributed by atoms with Crippen LogP contribution < -0.4 is 5.73 Å². The smallest absolute Gasteiger partial charge is 0.239 e. The monoisotopic (exact) mass is 273 g/mol. The first kappa shape index (κ1) is 16.2. The molecule has 0 aliphatic carbocycles. The van der Waals surface area contributed by atoms with E-state index < -0.39 is 6.04 Å². The predicted octanol–water partition coefficient (Wildman–Crippen LogP) is 1.95. The molecule has 0 fully saturated rings. The largest absolute Gasteiger partial charge is 0.340 e. The van der Waals surface area contributed by atoms with Gasteiger partial charge in [-0.15, -0.1) is 0 Å². The highest BCUT2D eigenvalue weighted by Crippen LogP contribution is 2.07. The lowest BCUT2D eigenvalue weighted by molar-refractivity contribution is -0.132. The number of rotatable bonds is 7. The standard InChI is InChI=1S/C16H23N3O/c1-3-19(12-13(2)11-17)16(20)15(18)10-9-14-7-5-4-6-8-14/h4-8,13,15H,3,9-10,12,18H2,1-2H3/t13?,15-/m0/s1. The number of nitrogens with zero attached hydrogens (tertiary/aromatic N) is 2. The molecule has 108 valence electrons. The summed E-state index contributed by atoms with van der Waals surface area (Å²) in [5, 5.41) is 8.83. The van der Waals surface area contributed by atoms with Crippen LogP contribution in [0.15, 0.2) is 30.3 Å². The number of aryl methyl sites for hydroxylation is 1. The molecule has 1 aromatic carbocycles. The van der Waals surface area contributed by atoms with E-state index in [1.807, 2.05) is 44.2 Å². The summed E-state index contributed by atoms with van der Waals surface area (Å²) < 4.78 is 0. The highest BCUT2D eigenvalue weighted by atomic mass is 16.2. The van der Waals surface area contributed by atoms with Crippen LogP contribution in [-0.2, 0) is 11.2 Å². The predicted molar refractivity (Wildman–Crippen MR) is 79.8 cm³/mol. The summed E-state index contributed by atoms with van der Waals surface area (Å²) in [6, 6.07) is 11.6. The number of nitrogens with two attached hydrogens (primary N) is 1. The van der Waals surface area contributed by atoms with E-state index >= 15 is 0 Å². The maximum absolute atomic E-state index is 12.2. The summed E-state index contributed by atoms with van der Waals surface area (Å²) in [5.74, 6) is -0.231. The normalized spacial score (nSPS) is 13.3. The van der Waals surface area contributed by atoms with Gasteiger partial charge in [0.2, 0.25) is 5.91 Å². The molecule has 0 aromatic heterocycles. The Kier molecular flexibility index (Phi) is 6.75. The number of benzene rings is 1. The number of hydrogen-bond acceptors (Lipinski definition) is 3. The van der Waals surface area contributed by atoms with Crippen molar-refractivity contribution < 1.29 is 4.79 Å². The van der Waals surface area contributed by atoms with Crippen molar-refractivity contribution in [3.05, 3.63) is 35.9 Å². The fourth-order valence-corrected chi connectivity index (χ4v) is 2.07. The molecule has 0 radical (unpaired) electrons. The number of carbonyl (C=O) groups is 1. The molecule has 1 aromatic rings. The minimum absolute atomic E-state index is 0.0643. The van der Waals surface area contributed by atoms with Crippen LogP contribution in [0.2, 0.25) is 0 Å². The van der Waals surface area contributed by atoms with Gasteiger partial charge in [-0.25, -0.2) is 0 Å². The van der Waals surface area contributed by atoms with Gasteiger partial charge in [0.1, 0.15) is 0 Å². The number of carbonyl (C=O) groups excluding carboxylic acids is 1. The van der Waals surface area contributed by atoms with Gasteiger partial charge in [0.05, 0.1) is 18.0 Å². The van der Waals surface area contributed by atoms with Crippen molar-refractivity contribution in [2.24, 2.45) is 11.7 Å². The summed E-state index contributed by atoms with van der Waals surface area (Å²) in [5.41, 5.74) is 7.17. The maximum atomic E-state index is 12.2. The molecule has 0 aliphatic rings. The van der Waals surface area contributed by atoms with E-state index in [9.17, 15) is 4.79 Å². The van der Waals surface area contributed by atoms with Crippen LogP contribution in [-0.4, -0.2) is 29.9 Å². The van der Waals surface area contributed by atoms with Crippen LogP contribution >= 0.6 is 0 Å². The Hall–Kier alpha value is -1.86. The molecule has 2 N–H and O–H groups in total. The molecule has 0 spiro atoms. The van der Waals surface area contributed by atoms with E-state index in [4.69, 9.17) is 11.0 Å². The van der Waals surface area contributed by atoms with Crippen molar-refractivity contribution in [3.63, 3.8) is 0 Å². The van der Waals surface area contributed by atoms with Crippen molar-refractivity contribution in [2.45, 2.75) is 32.7 Å². The van der Waals surface area contributed by atoms with Crippen LogP contribution in [0, 0.1) is 17.2 Å². The molecule has 1 rings (SSSR count). The second-order valence-electron chi connectivity index (χ2n) is 5.04. The molecule has 0 saturated heterocycles. The van der Waals surface area contributed by atoms with Crippen molar-refractivity contribution in [3.8, 4) is 6.07 Å². The first-order chi connectivity index (χ1) is 9.58. The highest BCUT2D eigenvalue weighted by molar-refractivity contribution is 5.81. The molecule has 0 heterocycles. The van der Waals surface area contributed by atoms with E-state index in [1.54, 1.807) is 4.90 Å². The second kappa shape index (κ2) is 8.34. The van der Waals surface area contributed by atoms with Gasteiger partial charge < -0.3 is 10.6 Å². The molecule has 1 amide bonds. The van der Waals surface area contributed by atoms with Crippen LogP contribution in [0.5, 0.6) is 0 Å². The number of likely N-dealkylation sites (N-methyl/N-ethyl adjacent to an activating group) is 1. The van der Waals surface area contributed by atoms with Crippen molar-refractivity contribution in [1.82, 2.24) is 4.90 Å². The lowest BCUT2D eigenvalue weighted by atomic mass is 10.0. The van der Waals surface area contributed by atoms with Crippen LogP contribution in [0.3, 0.4) is 0 Å². The van der Waals surface area contributed by atoms with E-state index in [1.165, 1.54) is 5.56 Å². The third-order valence-electron chi connectivity index (χ3n) is 3.31. The lowest BCUT2D eigenvalue weighted by Gasteiger charge is -2.25. The van der Waals surface area contributed by atoms with Gasteiger partial charge in [-0.3, -0.25) is 4.79 Å². The zero-order valence-electron chi connectivity index (χ0n) is 12.2. The zero-order chi connectivity index (χ0) is 15.0. The van der Waals surface area contributed by atoms with Crippen LogP contribution in [0.25, 0.3) is 0 Å². The molecule has 20 heavy (non-hydrogen) atoms. The molecule has 0 bridgehead atoms. The topological polar surface area (TPSA) is 70.1 Å². The summed E-state index contributed by atoms with van der Waals surface area (Å²) in [4.78, 5) is 13.9. The van der Waals surface area contributed by atoms with Gasteiger partial charge in [-0.2, -0.15) is 5.26 Å². The number of hydrogen-bond donors (Lipinski definition) is 1. The van der Waals surface area contributed by atoms with Crippen molar-refractivity contribution in [1.29, 1.82) is 5.26 Å². The molecule has 4 nitrogen and oxygen atoms in total. The van der Waals surface area contributed by atoms with Gasteiger partial charge in [-0.05, 0) is 32.3 Å². The molecular formula is C16H23N3O. The van der Waals surface area contributed by atoms with Gasteiger partial charge in [0.25, 0.3) is 0 Å². The van der Waals surface area contributed by atoms with Crippen molar-refractivity contribution >= 4 is 5.91 Å². The summed E-state index contributed by atoms with van der Waals surface area (Å²) in [6.45, 7) is 4.76. The minimum atomic E-state index is -0.499. The lowest BCUT2D eigenvalue weighted by Crippen LogP contribution is -2.45. The summed E-state index contributed by atoms with van der Waals surface area (Å²) >= 11 is 0. The fourth-order valence-electron chi connectivity index (χ4n) is 2.07. The van der Waals surface area contributed by atoms with Crippen LogP contribution in [0.4, 0.5) is 0 Å². The Balaban J connectivity index is 2.50. The molecule has 0 aliphatic heterocycles.